The first-order valence-corrected chi connectivity index (χ1v) is 7.09. The lowest BCUT2D eigenvalue weighted by molar-refractivity contribution is 0.390. The molecule has 6 heteroatoms. The molecule has 1 N–H and O–H groups in total. The molecule has 1 heterocycles. The highest BCUT2D eigenvalue weighted by molar-refractivity contribution is 6.30. The smallest absolute Gasteiger partial charge is 0.233 e. The van der Waals surface area contributed by atoms with Gasteiger partial charge in [-0.3, -0.25) is 0 Å². The Hall–Kier alpha value is -1.72. The van der Waals surface area contributed by atoms with Crippen molar-refractivity contribution in [3.05, 3.63) is 52.4 Å². The van der Waals surface area contributed by atoms with Crippen LogP contribution in [0.15, 0.2) is 30.3 Å². The van der Waals surface area contributed by atoms with Crippen LogP contribution in [0.25, 0.3) is 0 Å². The molecule has 4 nitrogen and oxygen atoms in total. The van der Waals surface area contributed by atoms with E-state index in [2.05, 4.69) is 15.5 Å². The van der Waals surface area contributed by atoms with Gasteiger partial charge >= 0.3 is 0 Å². The summed E-state index contributed by atoms with van der Waals surface area (Å²) in [4.78, 5) is 0. The second-order valence-electron chi connectivity index (χ2n) is 4.55. The molecule has 1 aromatic carbocycles. The van der Waals surface area contributed by atoms with E-state index in [1.165, 1.54) is 13.2 Å². The Morgan fingerprint density at radius 2 is 2.10 bits per heavy atom. The Bertz CT molecular complexity index is 592. The average Bonchev–Trinajstić information content (AvgIpc) is 2.50. The molecular weight excluding hydrogens is 293 g/mol. The zero-order valence-electron chi connectivity index (χ0n) is 11.9. The summed E-state index contributed by atoms with van der Waals surface area (Å²) in [5, 5.41) is 11.7. The molecule has 1 atom stereocenters. The number of nitrogens with zero attached hydrogens (tertiary/aromatic N) is 2. The molecule has 0 aliphatic rings. The Kier molecular flexibility index (Phi) is 5.47. The molecule has 1 aromatic heterocycles. The van der Waals surface area contributed by atoms with E-state index in [4.69, 9.17) is 16.3 Å². The minimum absolute atomic E-state index is 0.367. The number of aromatic nitrogens is 2. The second-order valence-corrected chi connectivity index (χ2v) is 4.99. The standard InChI is InChI=1S/C15H17ClFN3O/c1-3-8-18-15(11-5-4-10(16)9-12(11)17)13-6-7-14(21-2)20-19-13/h4-7,9,15,18H,3,8H2,1-2H3. The van der Waals surface area contributed by atoms with Gasteiger partial charge in [-0.15, -0.1) is 10.2 Å². The Morgan fingerprint density at radius 1 is 1.29 bits per heavy atom. The van der Waals surface area contributed by atoms with Crippen molar-refractivity contribution in [3.63, 3.8) is 0 Å². The lowest BCUT2D eigenvalue weighted by atomic mass is 10.0. The highest BCUT2D eigenvalue weighted by Gasteiger charge is 2.19. The van der Waals surface area contributed by atoms with Crippen molar-refractivity contribution < 1.29 is 9.13 Å². The van der Waals surface area contributed by atoms with Crippen molar-refractivity contribution in [2.24, 2.45) is 0 Å². The fourth-order valence-electron chi connectivity index (χ4n) is 1.99. The number of methoxy groups -OCH3 is 1. The zero-order chi connectivity index (χ0) is 15.2. The Labute approximate surface area is 128 Å². The van der Waals surface area contributed by atoms with Crippen LogP contribution in [-0.2, 0) is 0 Å². The third-order valence-electron chi connectivity index (χ3n) is 3.04. The minimum atomic E-state index is -0.374. The Morgan fingerprint density at radius 3 is 2.67 bits per heavy atom. The van der Waals surface area contributed by atoms with Crippen molar-refractivity contribution in [2.75, 3.05) is 13.7 Å². The lowest BCUT2D eigenvalue weighted by Crippen LogP contribution is -2.25. The predicted octanol–water partition coefficient (Wildman–Crippen LogP) is 3.37. The summed E-state index contributed by atoms with van der Waals surface area (Å²) >= 11 is 5.81. The maximum atomic E-state index is 14.2. The summed E-state index contributed by atoms with van der Waals surface area (Å²) in [6, 6.07) is 7.73. The molecule has 0 aliphatic heterocycles. The van der Waals surface area contributed by atoms with E-state index in [1.54, 1.807) is 24.3 Å². The van der Waals surface area contributed by atoms with Gasteiger partial charge in [-0.25, -0.2) is 4.39 Å². The van der Waals surface area contributed by atoms with E-state index in [9.17, 15) is 4.39 Å². The summed E-state index contributed by atoms with van der Waals surface area (Å²) in [7, 11) is 1.52. The summed E-state index contributed by atoms with van der Waals surface area (Å²) in [5.41, 5.74) is 1.12. The van der Waals surface area contributed by atoms with Crippen LogP contribution < -0.4 is 10.1 Å². The SMILES string of the molecule is CCCNC(c1ccc(OC)nn1)c1ccc(Cl)cc1F. The minimum Gasteiger partial charge on any atom is -0.480 e. The van der Waals surface area contributed by atoms with Crippen LogP contribution in [-0.4, -0.2) is 23.9 Å². The van der Waals surface area contributed by atoms with E-state index in [-0.39, 0.29) is 11.9 Å². The van der Waals surface area contributed by atoms with E-state index >= 15 is 0 Å². The molecule has 0 spiro atoms. The molecular formula is C15H17ClFN3O. The van der Waals surface area contributed by atoms with Gasteiger partial charge in [-0.2, -0.15) is 0 Å². The van der Waals surface area contributed by atoms with Crippen LogP contribution in [0, 0.1) is 5.82 Å². The molecule has 0 amide bonds. The van der Waals surface area contributed by atoms with Gasteiger partial charge in [0.2, 0.25) is 5.88 Å². The quantitative estimate of drug-likeness (QED) is 0.889. The lowest BCUT2D eigenvalue weighted by Gasteiger charge is -2.19. The molecule has 0 fully saturated rings. The zero-order valence-corrected chi connectivity index (χ0v) is 12.7. The number of nitrogens with one attached hydrogen (secondary N) is 1. The summed E-state index contributed by atoms with van der Waals surface area (Å²) < 4.78 is 19.2. The van der Waals surface area contributed by atoms with Crippen LogP contribution in [0.3, 0.4) is 0 Å². The van der Waals surface area contributed by atoms with Crippen LogP contribution in [0.1, 0.15) is 30.6 Å². The van der Waals surface area contributed by atoms with Gasteiger partial charge in [0.05, 0.1) is 18.8 Å². The van der Waals surface area contributed by atoms with Gasteiger partial charge in [0.15, 0.2) is 0 Å². The van der Waals surface area contributed by atoms with Crippen molar-refractivity contribution in [1.29, 1.82) is 0 Å². The normalized spacial score (nSPS) is 12.2. The number of halogens is 2. The highest BCUT2D eigenvalue weighted by atomic mass is 35.5. The van der Waals surface area contributed by atoms with E-state index in [0.29, 0.717) is 22.2 Å². The van der Waals surface area contributed by atoms with Crippen molar-refractivity contribution in [2.45, 2.75) is 19.4 Å². The van der Waals surface area contributed by atoms with Crippen molar-refractivity contribution in [1.82, 2.24) is 15.5 Å². The molecule has 0 saturated heterocycles. The average molecular weight is 310 g/mol. The largest absolute Gasteiger partial charge is 0.480 e. The Balaban J connectivity index is 2.36. The van der Waals surface area contributed by atoms with Crippen molar-refractivity contribution >= 4 is 11.6 Å². The van der Waals surface area contributed by atoms with Gasteiger partial charge in [0.25, 0.3) is 0 Å². The maximum Gasteiger partial charge on any atom is 0.233 e. The summed E-state index contributed by atoms with van der Waals surface area (Å²) in [6.45, 7) is 2.78. The number of rotatable bonds is 6. The number of ether oxygens (including phenoxy) is 1. The number of hydrogen-bond acceptors (Lipinski definition) is 4. The topological polar surface area (TPSA) is 47.0 Å². The molecule has 0 radical (unpaired) electrons. The molecule has 0 saturated carbocycles. The fraction of sp³-hybridized carbons (Fsp3) is 0.333. The van der Waals surface area contributed by atoms with E-state index in [0.717, 1.165) is 13.0 Å². The molecule has 0 aliphatic carbocycles. The van der Waals surface area contributed by atoms with Gasteiger partial charge in [0, 0.05) is 16.7 Å². The molecule has 2 rings (SSSR count). The third kappa shape index (κ3) is 3.89. The third-order valence-corrected chi connectivity index (χ3v) is 3.27. The summed E-state index contributed by atoms with van der Waals surface area (Å²) in [5.74, 6) is 0.0540. The molecule has 2 aromatic rings. The van der Waals surface area contributed by atoms with Crippen LogP contribution in [0.2, 0.25) is 5.02 Å². The number of hydrogen-bond donors (Lipinski definition) is 1. The first-order valence-electron chi connectivity index (χ1n) is 6.71. The molecule has 21 heavy (non-hydrogen) atoms. The van der Waals surface area contributed by atoms with E-state index in [1.807, 2.05) is 6.92 Å². The first kappa shape index (κ1) is 15.7. The monoisotopic (exact) mass is 309 g/mol. The molecule has 112 valence electrons. The van der Waals surface area contributed by atoms with Crippen LogP contribution in [0.5, 0.6) is 5.88 Å². The highest BCUT2D eigenvalue weighted by Crippen LogP contribution is 2.25. The summed E-state index contributed by atoms with van der Waals surface area (Å²) in [6.07, 6.45) is 0.926. The van der Waals surface area contributed by atoms with Crippen LogP contribution >= 0.6 is 11.6 Å². The van der Waals surface area contributed by atoms with Gasteiger partial charge in [0.1, 0.15) is 5.82 Å². The fourth-order valence-corrected chi connectivity index (χ4v) is 2.15. The number of benzene rings is 1. The van der Waals surface area contributed by atoms with Crippen molar-refractivity contribution in [3.8, 4) is 5.88 Å². The van der Waals surface area contributed by atoms with E-state index < -0.39 is 0 Å². The maximum absolute atomic E-state index is 14.2. The predicted molar refractivity (Wildman–Crippen MR) is 80.1 cm³/mol. The van der Waals surface area contributed by atoms with Gasteiger partial charge in [-0.05, 0) is 31.2 Å². The second kappa shape index (κ2) is 7.33. The van der Waals surface area contributed by atoms with Gasteiger partial charge in [-0.1, -0.05) is 24.6 Å². The first-order chi connectivity index (χ1) is 10.2. The van der Waals surface area contributed by atoms with Gasteiger partial charge < -0.3 is 10.1 Å². The van der Waals surface area contributed by atoms with Crippen LogP contribution in [0.4, 0.5) is 4.39 Å². The molecule has 0 bridgehead atoms. The molecule has 1 unspecified atom stereocenters.